The lowest BCUT2D eigenvalue weighted by molar-refractivity contribution is -0.160. The van der Waals surface area contributed by atoms with Gasteiger partial charge in [-0.25, -0.2) is 9.78 Å². The van der Waals surface area contributed by atoms with Crippen LogP contribution < -0.4 is 9.64 Å². The number of imidazole rings is 1. The van der Waals surface area contributed by atoms with E-state index in [9.17, 15) is 9.90 Å². The van der Waals surface area contributed by atoms with Crippen molar-refractivity contribution in [3.8, 4) is 28.1 Å². The average Bonchev–Trinajstić information content (AvgIpc) is 3.44. The van der Waals surface area contributed by atoms with Crippen molar-refractivity contribution in [2.75, 3.05) is 24.6 Å². The van der Waals surface area contributed by atoms with Crippen molar-refractivity contribution >= 4 is 17.4 Å². The molecule has 7 rings (SSSR count). The van der Waals surface area contributed by atoms with Gasteiger partial charge in [-0.3, -0.25) is 4.40 Å². The van der Waals surface area contributed by atoms with Gasteiger partial charge >= 0.3 is 5.97 Å². The lowest BCUT2D eigenvalue weighted by Gasteiger charge is -2.41. The van der Waals surface area contributed by atoms with Gasteiger partial charge in [-0.05, 0) is 115 Å². The number of pyridine rings is 1. The molecule has 5 heterocycles. The first-order valence-electron chi connectivity index (χ1n) is 17.1. The first kappa shape index (κ1) is 33.7. The molecule has 3 aliphatic heterocycles. The Morgan fingerprint density at radius 1 is 1.02 bits per heavy atom. The van der Waals surface area contributed by atoms with E-state index in [4.69, 9.17) is 19.2 Å². The number of aromatic nitrogens is 2. The van der Waals surface area contributed by atoms with Crippen LogP contribution in [-0.4, -0.2) is 57.5 Å². The molecule has 0 radical (unpaired) electrons. The molecule has 0 saturated carbocycles. The summed E-state index contributed by atoms with van der Waals surface area (Å²) in [5.74, 6) is 0.656. The molecular formula is C40H49N3O5. The number of aliphatic carboxylic acids is 1. The number of piperidine rings is 1. The highest BCUT2D eigenvalue weighted by Crippen LogP contribution is 2.40. The quantitative estimate of drug-likeness (QED) is 0.222. The first-order chi connectivity index (χ1) is 22.7. The molecule has 8 heteroatoms. The van der Waals surface area contributed by atoms with Crippen LogP contribution in [0.3, 0.4) is 0 Å². The molecule has 0 amide bonds. The van der Waals surface area contributed by atoms with E-state index in [0.29, 0.717) is 25.3 Å². The Kier molecular flexibility index (Phi) is 9.18. The summed E-state index contributed by atoms with van der Waals surface area (Å²) in [5.41, 5.74) is 7.53. The summed E-state index contributed by atoms with van der Waals surface area (Å²) in [6.07, 6.45) is 7.48. The molecule has 2 aromatic carbocycles. The number of hydrogen-bond donors (Lipinski definition) is 1. The maximum absolute atomic E-state index is 12.9. The van der Waals surface area contributed by atoms with Crippen molar-refractivity contribution in [1.29, 1.82) is 0 Å². The number of anilines is 1. The van der Waals surface area contributed by atoms with Gasteiger partial charge in [-0.15, -0.1) is 0 Å². The minimum atomic E-state index is -1.15. The summed E-state index contributed by atoms with van der Waals surface area (Å²) in [7, 11) is 0. The van der Waals surface area contributed by atoms with Gasteiger partial charge in [0.1, 0.15) is 17.2 Å². The Balaban J connectivity index is 1.55. The van der Waals surface area contributed by atoms with Gasteiger partial charge < -0.3 is 24.2 Å². The normalized spacial score (nSPS) is 21.5. The third kappa shape index (κ3) is 7.01. The SMILES string of the molecule is Cc1cc2c(cc1C)-c1cccc(c1)-c1cn3c(c([C@H](OC(C)(C)C)C(=O)O)c(C)cc3n1)N1CCC(C)(CC1)OC/C=C\C[C@@H](C)O2. The smallest absolute Gasteiger partial charge is 0.337 e. The Hall–Kier alpha value is -4.14. The van der Waals surface area contributed by atoms with E-state index in [1.165, 1.54) is 11.1 Å². The van der Waals surface area contributed by atoms with E-state index in [-0.39, 0.29) is 11.7 Å². The zero-order valence-electron chi connectivity index (χ0n) is 29.6. The Bertz CT molecular complexity index is 1860. The van der Waals surface area contributed by atoms with Crippen LogP contribution in [0.2, 0.25) is 0 Å². The summed E-state index contributed by atoms with van der Waals surface area (Å²) in [6.45, 7) is 18.1. The molecule has 2 aromatic heterocycles. The summed E-state index contributed by atoms with van der Waals surface area (Å²) < 4.78 is 21.4. The minimum Gasteiger partial charge on any atom is -0.490 e. The maximum atomic E-state index is 12.9. The van der Waals surface area contributed by atoms with Gasteiger partial charge in [0.15, 0.2) is 6.10 Å². The van der Waals surface area contributed by atoms with Crippen LogP contribution in [0.25, 0.3) is 28.0 Å². The van der Waals surface area contributed by atoms with E-state index < -0.39 is 17.7 Å². The Morgan fingerprint density at radius 2 is 1.73 bits per heavy atom. The third-order valence-electron chi connectivity index (χ3n) is 9.61. The number of rotatable bonds is 3. The van der Waals surface area contributed by atoms with Gasteiger partial charge in [0, 0.05) is 42.4 Å². The van der Waals surface area contributed by atoms with E-state index in [2.05, 4.69) is 85.5 Å². The van der Waals surface area contributed by atoms with Crippen LogP contribution in [0.5, 0.6) is 5.75 Å². The Labute approximate surface area is 284 Å². The molecule has 2 atom stereocenters. The number of fused-ring (bicyclic) bond motifs is 7. The van der Waals surface area contributed by atoms with Crippen LogP contribution in [-0.2, 0) is 14.3 Å². The second kappa shape index (κ2) is 13.1. The number of nitrogens with zero attached hydrogens (tertiary/aromatic N) is 3. The van der Waals surface area contributed by atoms with Gasteiger partial charge in [0.2, 0.25) is 0 Å². The highest BCUT2D eigenvalue weighted by atomic mass is 16.5. The van der Waals surface area contributed by atoms with Crippen LogP contribution in [0.1, 0.15) is 82.2 Å². The van der Waals surface area contributed by atoms with Crippen molar-refractivity contribution < 1.29 is 24.1 Å². The minimum absolute atomic E-state index is 0.0131. The number of aryl methyl sites for hydroxylation is 3. The van der Waals surface area contributed by atoms with E-state index in [1.807, 2.05) is 40.0 Å². The van der Waals surface area contributed by atoms with Crippen molar-refractivity contribution in [2.24, 2.45) is 0 Å². The molecule has 0 aliphatic carbocycles. The molecule has 48 heavy (non-hydrogen) atoms. The van der Waals surface area contributed by atoms with E-state index in [1.54, 1.807) is 0 Å². The zero-order valence-corrected chi connectivity index (χ0v) is 29.6. The molecule has 6 bridgehead atoms. The van der Waals surface area contributed by atoms with Gasteiger partial charge in [-0.1, -0.05) is 30.4 Å². The van der Waals surface area contributed by atoms with Gasteiger partial charge in [0.25, 0.3) is 0 Å². The summed E-state index contributed by atoms with van der Waals surface area (Å²) >= 11 is 0. The third-order valence-corrected chi connectivity index (χ3v) is 9.61. The monoisotopic (exact) mass is 651 g/mol. The van der Waals surface area contributed by atoms with Crippen LogP contribution >= 0.6 is 0 Å². The van der Waals surface area contributed by atoms with Crippen LogP contribution in [0.15, 0.2) is 60.8 Å². The van der Waals surface area contributed by atoms with Crippen LogP contribution in [0, 0.1) is 20.8 Å². The van der Waals surface area contributed by atoms with Crippen molar-refractivity contribution in [3.05, 3.63) is 83.1 Å². The fraction of sp³-hybridized carbons (Fsp3) is 0.450. The fourth-order valence-corrected chi connectivity index (χ4v) is 6.78. The van der Waals surface area contributed by atoms with Crippen molar-refractivity contribution in [1.82, 2.24) is 9.38 Å². The number of carbonyl (C=O) groups is 1. The van der Waals surface area contributed by atoms with Crippen molar-refractivity contribution in [3.63, 3.8) is 0 Å². The lowest BCUT2D eigenvalue weighted by atomic mass is 9.92. The fourth-order valence-electron chi connectivity index (χ4n) is 6.78. The van der Waals surface area contributed by atoms with Crippen molar-refractivity contribution in [2.45, 2.75) is 98.1 Å². The number of hydrogen-bond acceptors (Lipinski definition) is 6. The molecule has 0 spiro atoms. The summed E-state index contributed by atoms with van der Waals surface area (Å²) in [4.78, 5) is 20.3. The topological polar surface area (TPSA) is 85.5 Å². The lowest BCUT2D eigenvalue weighted by Crippen LogP contribution is -2.45. The average molecular weight is 652 g/mol. The largest absolute Gasteiger partial charge is 0.490 e. The predicted octanol–water partition coefficient (Wildman–Crippen LogP) is 8.64. The second-order valence-electron chi connectivity index (χ2n) is 14.8. The maximum Gasteiger partial charge on any atom is 0.337 e. The van der Waals surface area contributed by atoms with Crippen LogP contribution in [0.4, 0.5) is 5.82 Å². The molecule has 1 saturated heterocycles. The number of benzene rings is 2. The number of carboxylic acids is 1. The summed E-state index contributed by atoms with van der Waals surface area (Å²) in [6, 6.07) is 14.7. The molecule has 4 aromatic rings. The first-order valence-corrected chi connectivity index (χ1v) is 17.1. The highest BCUT2D eigenvalue weighted by Gasteiger charge is 2.37. The number of ether oxygens (including phenoxy) is 3. The molecule has 1 fully saturated rings. The molecule has 0 unspecified atom stereocenters. The van der Waals surface area contributed by atoms with Gasteiger partial charge in [-0.2, -0.15) is 0 Å². The van der Waals surface area contributed by atoms with E-state index >= 15 is 0 Å². The highest BCUT2D eigenvalue weighted by molar-refractivity contribution is 5.81. The molecule has 3 aliphatic rings. The van der Waals surface area contributed by atoms with E-state index in [0.717, 1.165) is 64.4 Å². The zero-order chi connectivity index (χ0) is 34.4. The Morgan fingerprint density at radius 3 is 2.44 bits per heavy atom. The number of carboxylic acid groups (broad SMARTS) is 1. The van der Waals surface area contributed by atoms with Gasteiger partial charge in [0.05, 0.1) is 29.6 Å². The molecule has 1 N–H and O–H groups in total. The molecule has 254 valence electrons. The molecule has 8 nitrogen and oxygen atoms in total. The summed E-state index contributed by atoms with van der Waals surface area (Å²) in [5, 5.41) is 10.5. The predicted molar refractivity (Wildman–Crippen MR) is 191 cm³/mol. The molecular weight excluding hydrogens is 602 g/mol. The standard InChI is InChI=1S/C40H49N3O5/c1-25-20-31-29-13-11-14-30(23-29)32-24-43-34(41-32)22-27(3)35(36(38(44)45)48-39(5,6)7)37(43)42-17-15-40(8,16-18-42)46-19-10-9-12-28(4)47-33(31)21-26(25)2/h9-11,13-14,20-24,28,36H,12,15-19H2,1-8H3,(H,44,45)/b10-9-/t28-,36+/m1/s1. The second-order valence-corrected chi connectivity index (χ2v) is 14.8.